The Morgan fingerprint density at radius 3 is 2.54 bits per heavy atom. The van der Waals surface area contributed by atoms with Gasteiger partial charge in [-0.25, -0.2) is 4.79 Å². The third kappa shape index (κ3) is 19.9. The van der Waals surface area contributed by atoms with Gasteiger partial charge in [-0.1, -0.05) is 19.1 Å². The molecule has 0 atom stereocenters. The average molecular weight is 336 g/mol. The minimum absolute atomic E-state index is 0.731. The van der Waals surface area contributed by atoms with E-state index in [0.29, 0.717) is 0 Å². The van der Waals surface area contributed by atoms with Gasteiger partial charge in [0.05, 0.1) is 13.2 Å². The summed E-state index contributed by atoms with van der Waals surface area (Å²) in [5.74, 6) is 0. The summed E-state index contributed by atoms with van der Waals surface area (Å²) in [7, 11) is 0. The van der Waals surface area contributed by atoms with Gasteiger partial charge in [0.1, 0.15) is 0 Å². The zero-order valence-electron chi connectivity index (χ0n) is 14.2. The first-order valence-electron chi connectivity index (χ1n) is 8.03. The topological polar surface area (TPSA) is 95.3 Å². The number of allylic oxidation sites excluding steroid dienone is 4. The predicted octanol–water partition coefficient (Wildman–Crippen LogP) is 2.04. The minimum Gasteiger partial charge on any atom is -0.463 e. The molecule has 3 N–H and O–H groups in total. The minimum atomic E-state index is -1.21. The van der Waals surface area contributed by atoms with Gasteiger partial charge in [0, 0.05) is 31.7 Å². The third-order valence-electron chi connectivity index (χ3n) is 2.56. The Labute approximate surface area is 143 Å². The molecule has 7 heteroatoms. The molecular weight excluding hydrogens is 308 g/mol. The molecule has 0 aromatic rings. The van der Waals surface area contributed by atoms with Crippen LogP contribution in [0.2, 0.25) is 0 Å². The lowest BCUT2D eigenvalue weighted by atomic mass is 10.3. The molecule has 0 fully saturated rings. The Balaban J connectivity index is 3.44. The van der Waals surface area contributed by atoms with Crippen molar-refractivity contribution >= 4 is 18.5 Å². The van der Waals surface area contributed by atoms with Crippen molar-refractivity contribution in [3.8, 4) is 0 Å². The van der Waals surface area contributed by atoms with Gasteiger partial charge in [-0.3, -0.25) is 4.99 Å². The number of hydrogen-bond donors (Lipinski definition) is 3. The van der Waals surface area contributed by atoms with Crippen LogP contribution in [0.15, 0.2) is 46.6 Å². The largest absolute Gasteiger partial charge is 0.463 e. The fourth-order valence-electron chi connectivity index (χ4n) is 1.46. The van der Waals surface area contributed by atoms with E-state index in [9.17, 15) is 4.79 Å². The molecule has 0 unspecified atom stereocenters. The van der Waals surface area contributed by atoms with Crippen molar-refractivity contribution in [3.05, 3.63) is 36.6 Å². The second-order valence-electron chi connectivity index (χ2n) is 4.52. The van der Waals surface area contributed by atoms with E-state index in [4.69, 9.17) is 9.84 Å². The molecule has 0 spiro atoms. The number of aliphatic imine (C=N–C) groups is 2. The van der Waals surface area contributed by atoms with E-state index in [-0.39, 0.29) is 0 Å². The smallest absolute Gasteiger partial charge is 0.431 e. The summed E-state index contributed by atoms with van der Waals surface area (Å²) >= 11 is 0. The predicted molar refractivity (Wildman–Crippen MR) is 99.3 cm³/mol. The molecule has 0 aliphatic rings. The number of carbonyl (C=O) groups is 1. The van der Waals surface area contributed by atoms with Crippen molar-refractivity contribution in [2.45, 2.75) is 13.3 Å². The highest BCUT2D eigenvalue weighted by Gasteiger charge is 1.88. The van der Waals surface area contributed by atoms with Crippen molar-refractivity contribution in [2.24, 2.45) is 9.98 Å². The number of rotatable bonds is 14. The van der Waals surface area contributed by atoms with E-state index in [0.717, 1.165) is 45.8 Å². The summed E-state index contributed by atoms with van der Waals surface area (Å²) in [5, 5.41) is 14.8. The quantitative estimate of drug-likeness (QED) is 0.256. The Hall–Kier alpha value is -2.09. The van der Waals surface area contributed by atoms with Crippen molar-refractivity contribution < 1.29 is 14.6 Å². The van der Waals surface area contributed by atoms with Crippen molar-refractivity contribution in [1.29, 1.82) is 0 Å². The Bertz CT molecular complexity index is 443. The number of carboxylic acid groups (broad SMARTS) is 1. The lowest BCUT2D eigenvalue weighted by Gasteiger charge is -2.05. The van der Waals surface area contributed by atoms with E-state index in [1.165, 1.54) is 12.3 Å². The summed E-state index contributed by atoms with van der Waals surface area (Å²) < 4.78 is 5.44. The fourth-order valence-corrected chi connectivity index (χ4v) is 1.46. The second kappa shape index (κ2) is 19.0. The van der Waals surface area contributed by atoms with Gasteiger partial charge in [0.2, 0.25) is 0 Å². The molecule has 134 valence electrons. The van der Waals surface area contributed by atoms with Crippen LogP contribution in [-0.2, 0) is 4.74 Å². The first-order chi connectivity index (χ1) is 11.8. The van der Waals surface area contributed by atoms with Crippen LogP contribution < -0.4 is 10.6 Å². The van der Waals surface area contributed by atoms with Crippen LogP contribution in [0.5, 0.6) is 0 Å². The van der Waals surface area contributed by atoms with Crippen molar-refractivity contribution in [3.63, 3.8) is 0 Å². The molecule has 0 aromatic carbocycles. The van der Waals surface area contributed by atoms with Gasteiger partial charge in [0.25, 0.3) is 0 Å². The van der Waals surface area contributed by atoms with Crippen molar-refractivity contribution in [2.75, 3.05) is 39.4 Å². The number of ether oxygens (including phenoxy) is 1. The van der Waals surface area contributed by atoms with Gasteiger partial charge in [-0.15, -0.1) is 0 Å². The highest BCUT2D eigenvalue weighted by atomic mass is 16.5. The summed E-state index contributed by atoms with van der Waals surface area (Å²) in [6, 6.07) is 0. The summed E-state index contributed by atoms with van der Waals surface area (Å²) in [4.78, 5) is 17.2. The number of amides is 1. The van der Waals surface area contributed by atoms with Crippen LogP contribution in [0.25, 0.3) is 0 Å². The second-order valence-corrected chi connectivity index (χ2v) is 4.52. The molecule has 0 heterocycles. The van der Waals surface area contributed by atoms with Gasteiger partial charge in [-0.2, -0.15) is 4.99 Å². The summed E-state index contributed by atoms with van der Waals surface area (Å²) in [5.41, 5.74) is 0. The summed E-state index contributed by atoms with van der Waals surface area (Å²) in [6.07, 6.45) is 13.0. The van der Waals surface area contributed by atoms with Crippen molar-refractivity contribution in [1.82, 2.24) is 10.6 Å². The average Bonchev–Trinajstić information content (AvgIpc) is 2.56. The van der Waals surface area contributed by atoms with E-state index < -0.39 is 6.09 Å². The van der Waals surface area contributed by atoms with Gasteiger partial charge in [-0.05, 0) is 37.7 Å². The molecule has 0 saturated carbocycles. The molecule has 0 bridgehead atoms. The molecule has 0 aliphatic heterocycles. The molecule has 0 aromatic heterocycles. The van der Waals surface area contributed by atoms with E-state index in [2.05, 4.69) is 33.6 Å². The molecule has 0 rings (SSSR count). The van der Waals surface area contributed by atoms with Gasteiger partial charge in [0.15, 0.2) is 0 Å². The lowest BCUT2D eigenvalue weighted by molar-refractivity contribution is 0.138. The molecule has 0 radical (unpaired) electrons. The maximum absolute atomic E-state index is 10.1. The van der Waals surface area contributed by atoms with Crippen LogP contribution in [0.1, 0.15) is 13.3 Å². The number of likely N-dealkylation sites (N-methyl/N-ethyl adjacent to an activating group) is 1. The molecule has 0 saturated heterocycles. The zero-order valence-corrected chi connectivity index (χ0v) is 14.2. The van der Waals surface area contributed by atoms with Crippen LogP contribution in [0, 0.1) is 0 Å². The monoisotopic (exact) mass is 336 g/mol. The first-order valence-corrected chi connectivity index (χ1v) is 8.03. The third-order valence-corrected chi connectivity index (χ3v) is 2.56. The Morgan fingerprint density at radius 1 is 1.04 bits per heavy atom. The zero-order chi connectivity index (χ0) is 17.7. The number of hydrogen-bond acceptors (Lipinski definition) is 5. The highest BCUT2D eigenvalue weighted by Crippen LogP contribution is 1.84. The fraction of sp³-hybridized carbons (Fsp3) is 0.471. The number of nitrogens with one attached hydrogen (secondary N) is 2. The number of nitrogens with zero attached hydrogens (tertiary/aromatic N) is 2. The van der Waals surface area contributed by atoms with Crippen LogP contribution in [0.4, 0.5) is 4.79 Å². The normalized spacial score (nSPS) is 12.7. The first kappa shape index (κ1) is 21.9. The molecule has 0 aliphatic carbocycles. The lowest BCUT2D eigenvalue weighted by Crippen LogP contribution is -2.24. The van der Waals surface area contributed by atoms with Gasteiger partial charge >= 0.3 is 6.09 Å². The van der Waals surface area contributed by atoms with E-state index >= 15 is 0 Å². The van der Waals surface area contributed by atoms with E-state index in [1.54, 1.807) is 18.5 Å². The Morgan fingerprint density at radius 2 is 1.79 bits per heavy atom. The maximum atomic E-state index is 10.1. The highest BCUT2D eigenvalue weighted by molar-refractivity contribution is 5.87. The maximum Gasteiger partial charge on any atom is 0.431 e. The summed E-state index contributed by atoms with van der Waals surface area (Å²) in [6.45, 7) is 7.21. The van der Waals surface area contributed by atoms with Crippen LogP contribution >= 0.6 is 0 Å². The van der Waals surface area contributed by atoms with Crippen LogP contribution in [-0.4, -0.2) is 63.0 Å². The molecular formula is C17H28N4O3. The van der Waals surface area contributed by atoms with Gasteiger partial charge < -0.3 is 20.5 Å². The SMILES string of the molecule is CCNCCOCCNCCC=CC=CN=CC=CC=NC(=O)O. The van der Waals surface area contributed by atoms with E-state index in [1.807, 2.05) is 12.2 Å². The standard InChI is InChI=1S/C17H28N4O3/c1-2-18-13-15-24-16-14-20-10-6-4-3-5-9-19-11-7-8-12-21-17(22)23/h3-5,7-9,11-12,18,20H,2,6,10,13-16H2,1H3,(H,22,23). The van der Waals surface area contributed by atoms with Crippen LogP contribution in [0.3, 0.4) is 0 Å². The Kier molecular flexibility index (Phi) is 17.3. The molecule has 24 heavy (non-hydrogen) atoms. The molecule has 7 nitrogen and oxygen atoms in total. The molecule has 1 amide bonds.